The maximum atomic E-state index is 10.3. The topological polar surface area (TPSA) is 88.3 Å². The molecule has 0 amide bonds. The predicted molar refractivity (Wildman–Crippen MR) is 134 cm³/mol. The van der Waals surface area contributed by atoms with Gasteiger partial charge in [0.25, 0.3) is 0 Å². The van der Waals surface area contributed by atoms with E-state index >= 15 is 0 Å². The van der Waals surface area contributed by atoms with Crippen LogP contribution in [0, 0.1) is 0 Å². The Morgan fingerprint density at radius 2 is 1.91 bits per heavy atom. The number of rotatable bonds is 6. The Morgan fingerprint density at radius 1 is 1.03 bits per heavy atom. The molecule has 3 aromatic heterocycles. The van der Waals surface area contributed by atoms with Gasteiger partial charge in [0, 0.05) is 25.8 Å². The van der Waals surface area contributed by atoms with Crippen molar-refractivity contribution < 1.29 is 9.84 Å². The molecular formula is C25H30N6O2S. The molecule has 6 rings (SSSR count). The average molecular weight is 479 g/mol. The molecule has 178 valence electrons. The minimum absolute atomic E-state index is 0.102. The van der Waals surface area contributed by atoms with Crippen LogP contribution in [0.3, 0.4) is 0 Å². The van der Waals surface area contributed by atoms with E-state index in [4.69, 9.17) is 14.7 Å². The highest BCUT2D eigenvalue weighted by Gasteiger charge is 2.23. The van der Waals surface area contributed by atoms with Crippen molar-refractivity contribution in [2.75, 3.05) is 31.6 Å². The lowest BCUT2D eigenvalue weighted by molar-refractivity contribution is 0.0341. The van der Waals surface area contributed by atoms with E-state index in [0.717, 1.165) is 85.0 Å². The number of pyridine rings is 1. The number of aromatic nitrogens is 4. The zero-order valence-electron chi connectivity index (χ0n) is 19.2. The molecule has 0 radical (unpaired) electrons. The van der Waals surface area contributed by atoms with E-state index < -0.39 is 0 Å². The van der Waals surface area contributed by atoms with Gasteiger partial charge in [0.05, 0.1) is 48.4 Å². The van der Waals surface area contributed by atoms with E-state index in [1.807, 2.05) is 12.5 Å². The van der Waals surface area contributed by atoms with Crippen molar-refractivity contribution in [3.05, 3.63) is 47.9 Å². The number of ether oxygens (including phenoxy) is 1. The molecule has 0 bridgehead atoms. The largest absolute Gasteiger partial charge is 0.391 e. The van der Waals surface area contributed by atoms with Crippen LogP contribution in [0.5, 0.6) is 0 Å². The molecule has 1 saturated carbocycles. The van der Waals surface area contributed by atoms with E-state index in [-0.39, 0.29) is 12.1 Å². The van der Waals surface area contributed by atoms with Gasteiger partial charge in [-0.2, -0.15) is 0 Å². The van der Waals surface area contributed by atoms with Gasteiger partial charge in [-0.25, -0.2) is 15.0 Å². The molecule has 34 heavy (non-hydrogen) atoms. The fraction of sp³-hybridized carbons (Fsp3) is 0.480. The predicted octanol–water partition coefficient (Wildman–Crippen LogP) is 3.64. The summed E-state index contributed by atoms with van der Waals surface area (Å²) in [6.07, 6.45) is 7.70. The van der Waals surface area contributed by atoms with Gasteiger partial charge in [-0.15, -0.1) is 0 Å². The number of imidazole rings is 1. The maximum absolute atomic E-state index is 10.3. The van der Waals surface area contributed by atoms with Crippen LogP contribution in [0.4, 0.5) is 5.13 Å². The number of nitrogens with one attached hydrogen (secondary N) is 1. The Hall–Kier alpha value is -2.59. The molecular weight excluding hydrogens is 448 g/mol. The van der Waals surface area contributed by atoms with Crippen molar-refractivity contribution in [2.24, 2.45) is 0 Å². The SMILES string of the molecule is O[C@@H]1CCCC[C@H]1Nc1nc2ccc(Cn3cnc4cc(CN5CCOCC5)cnc43)cc2s1. The quantitative estimate of drug-likeness (QED) is 0.437. The van der Waals surface area contributed by atoms with Crippen molar-refractivity contribution >= 4 is 37.8 Å². The molecule has 2 N–H and O–H groups in total. The molecule has 8 nitrogen and oxygen atoms in total. The Morgan fingerprint density at radius 3 is 2.79 bits per heavy atom. The van der Waals surface area contributed by atoms with Gasteiger partial charge < -0.3 is 19.7 Å². The highest BCUT2D eigenvalue weighted by Crippen LogP contribution is 2.30. The normalized spacial score (nSPS) is 21.9. The van der Waals surface area contributed by atoms with E-state index in [9.17, 15) is 5.11 Å². The first-order valence-electron chi connectivity index (χ1n) is 12.2. The molecule has 2 aliphatic rings. The summed E-state index contributed by atoms with van der Waals surface area (Å²) in [7, 11) is 0. The monoisotopic (exact) mass is 478 g/mol. The molecule has 2 fully saturated rings. The lowest BCUT2D eigenvalue weighted by Crippen LogP contribution is -2.36. The molecule has 1 aliphatic carbocycles. The number of fused-ring (bicyclic) bond motifs is 2. The van der Waals surface area contributed by atoms with Crippen LogP contribution < -0.4 is 5.32 Å². The van der Waals surface area contributed by atoms with E-state index in [1.54, 1.807) is 11.3 Å². The molecule has 4 heterocycles. The minimum atomic E-state index is -0.285. The van der Waals surface area contributed by atoms with Crippen LogP contribution in [0.15, 0.2) is 36.8 Å². The number of aliphatic hydroxyl groups is 1. The number of hydrogen-bond donors (Lipinski definition) is 2. The standard InChI is InChI=1S/C25H30N6O2S/c32-22-4-2-1-3-19(22)28-25-29-20-6-5-17(12-23(20)34-25)15-31-16-27-21-11-18(13-26-24(21)31)14-30-7-9-33-10-8-30/h5-6,11-13,16,19,22,32H,1-4,7-10,14-15H2,(H,28,29)/t19-,22-/m1/s1. The molecule has 1 aromatic carbocycles. The first-order valence-corrected chi connectivity index (χ1v) is 13.0. The van der Waals surface area contributed by atoms with Gasteiger partial charge in [-0.1, -0.05) is 30.2 Å². The second-order valence-corrected chi connectivity index (χ2v) is 10.4. The molecule has 9 heteroatoms. The van der Waals surface area contributed by atoms with Crippen LogP contribution in [0.1, 0.15) is 36.8 Å². The highest BCUT2D eigenvalue weighted by atomic mass is 32.1. The fourth-order valence-corrected chi connectivity index (χ4v) is 5.97. The Bertz CT molecular complexity index is 1280. The van der Waals surface area contributed by atoms with Crippen molar-refractivity contribution in [3.8, 4) is 0 Å². The molecule has 0 unspecified atom stereocenters. The minimum Gasteiger partial charge on any atom is -0.391 e. The summed E-state index contributed by atoms with van der Waals surface area (Å²) in [4.78, 5) is 16.5. The number of anilines is 1. The summed E-state index contributed by atoms with van der Waals surface area (Å²) in [5.41, 5.74) is 5.21. The summed E-state index contributed by atoms with van der Waals surface area (Å²) in [6, 6.07) is 8.66. The molecule has 2 atom stereocenters. The third-order valence-corrected chi connectivity index (χ3v) is 7.82. The second kappa shape index (κ2) is 9.58. The van der Waals surface area contributed by atoms with Crippen LogP contribution in [0.25, 0.3) is 21.4 Å². The third kappa shape index (κ3) is 4.65. The Balaban J connectivity index is 1.17. The van der Waals surface area contributed by atoms with Crippen LogP contribution in [0.2, 0.25) is 0 Å². The van der Waals surface area contributed by atoms with Gasteiger partial charge >= 0.3 is 0 Å². The van der Waals surface area contributed by atoms with Crippen LogP contribution in [-0.2, 0) is 17.8 Å². The summed E-state index contributed by atoms with van der Waals surface area (Å²) in [5.74, 6) is 0. The van der Waals surface area contributed by atoms with Crippen molar-refractivity contribution in [1.82, 2.24) is 24.4 Å². The molecule has 0 spiro atoms. The van der Waals surface area contributed by atoms with Crippen molar-refractivity contribution in [2.45, 2.75) is 50.9 Å². The summed E-state index contributed by atoms with van der Waals surface area (Å²) in [6.45, 7) is 5.12. The van der Waals surface area contributed by atoms with E-state index in [1.165, 1.54) is 11.1 Å². The lowest BCUT2D eigenvalue weighted by Gasteiger charge is -2.27. The zero-order chi connectivity index (χ0) is 22.9. The van der Waals surface area contributed by atoms with E-state index in [2.05, 4.69) is 44.0 Å². The van der Waals surface area contributed by atoms with Gasteiger partial charge in [0.2, 0.25) is 0 Å². The summed E-state index contributed by atoms with van der Waals surface area (Å²) in [5, 5.41) is 14.6. The molecule has 1 aliphatic heterocycles. The Kier molecular flexibility index (Phi) is 6.17. The van der Waals surface area contributed by atoms with Crippen molar-refractivity contribution in [3.63, 3.8) is 0 Å². The molecule has 4 aromatic rings. The third-order valence-electron chi connectivity index (χ3n) is 6.87. The fourth-order valence-electron chi connectivity index (χ4n) is 4.97. The zero-order valence-corrected chi connectivity index (χ0v) is 20.0. The van der Waals surface area contributed by atoms with Gasteiger partial charge in [0.1, 0.15) is 5.52 Å². The highest BCUT2D eigenvalue weighted by molar-refractivity contribution is 7.22. The van der Waals surface area contributed by atoms with Gasteiger partial charge in [-0.05, 0) is 42.2 Å². The Labute approximate surface area is 202 Å². The van der Waals surface area contributed by atoms with Crippen LogP contribution >= 0.6 is 11.3 Å². The first-order chi connectivity index (χ1) is 16.7. The average Bonchev–Trinajstić information content (AvgIpc) is 3.44. The summed E-state index contributed by atoms with van der Waals surface area (Å²) < 4.78 is 8.70. The van der Waals surface area contributed by atoms with E-state index in [0.29, 0.717) is 6.54 Å². The van der Waals surface area contributed by atoms with Crippen LogP contribution in [-0.4, -0.2) is 68.0 Å². The van der Waals surface area contributed by atoms with Gasteiger partial charge in [0.15, 0.2) is 10.8 Å². The number of morpholine rings is 1. The van der Waals surface area contributed by atoms with Gasteiger partial charge in [-0.3, -0.25) is 4.90 Å². The number of hydrogen-bond acceptors (Lipinski definition) is 8. The van der Waals surface area contributed by atoms with Crippen molar-refractivity contribution in [1.29, 1.82) is 0 Å². The number of nitrogens with zero attached hydrogens (tertiary/aromatic N) is 5. The number of aliphatic hydroxyl groups excluding tert-OH is 1. The lowest BCUT2D eigenvalue weighted by atomic mass is 9.93. The number of thiazole rings is 1. The smallest absolute Gasteiger partial charge is 0.184 e. The second-order valence-electron chi connectivity index (χ2n) is 9.37. The maximum Gasteiger partial charge on any atom is 0.184 e. The number of benzene rings is 1. The first kappa shape index (κ1) is 21.9. The summed E-state index contributed by atoms with van der Waals surface area (Å²) >= 11 is 1.65. The molecule has 1 saturated heterocycles.